The highest BCUT2D eigenvalue weighted by molar-refractivity contribution is 5.94. The van der Waals surface area contributed by atoms with Gasteiger partial charge in [0.25, 0.3) is 5.91 Å². The Balaban J connectivity index is 1.60. The molecule has 126 valence electrons. The largest absolute Gasteiger partial charge is 0.497 e. The van der Waals surface area contributed by atoms with Crippen LogP contribution in [0.25, 0.3) is 0 Å². The van der Waals surface area contributed by atoms with Gasteiger partial charge in [-0.25, -0.2) is 0 Å². The molecule has 3 rings (SSSR count). The molecular weight excluding hydrogens is 308 g/mol. The molecule has 1 aliphatic rings. The van der Waals surface area contributed by atoms with Crippen LogP contribution in [0.5, 0.6) is 11.6 Å². The number of benzene rings is 1. The van der Waals surface area contributed by atoms with Crippen LogP contribution in [0.3, 0.4) is 0 Å². The van der Waals surface area contributed by atoms with Gasteiger partial charge in [-0.2, -0.15) is 0 Å². The molecule has 0 aliphatic carbocycles. The molecule has 1 fully saturated rings. The predicted octanol–water partition coefficient (Wildman–Crippen LogP) is 1.46. The number of piperazine rings is 1. The molecule has 7 nitrogen and oxygen atoms in total. The average Bonchev–Trinajstić information content (AvgIpc) is 2.68. The third-order valence-corrected chi connectivity index (χ3v) is 4.06. The van der Waals surface area contributed by atoms with Gasteiger partial charge < -0.3 is 19.3 Å². The predicted molar refractivity (Wildman–Crippen MR) is 89.7 cm³/mol. The minimum Gasteiger partial charge on any atom is -0.497 e. The van der Waals surface area contributed by atoms with Gasteiger partial charge >= 0.3 is 0 Å². The lowest BCUT2D eigenvalue weighted by Gasteiger charge is -2.35. The van der Waals surface area contributed by atoms with Crippen LogP contribution in [0.15, 0.2) is 36.4 Å². The Hall–Kier alpha value is -2.83. The maximum absolute atomic E-state index is 12.5. The fraction of sp³-hybridized carbons (Fsp3) is 0.353. The van der Waals surface area contributed by atoms with Crippen molar-refractivity contribution in [2.75, 3.05) is 45.3 Å². The van der Waals surface area contributed by atoms with Gasteiger partial charge in [-0.05, 0) is 30.3 Å². The lowest BCUT2D eigenvalue weighted by atomic mass is 10.1. The van der Waals surface area contributed by atoms with Crippen molar-refractivity contribution in [3.05, 3.63) is 42.0 Å². The molecule has 1 saturated heterocycles. The number of methoxy groups -OCH3 is 2. The molecule has 24 heavy (non-hydrogen) atoms. The van der Waals surface area contributed by atoms with Crippen molar-refractivity contribution in [2.45, 2.75) is 0 Å². The number of nitrogens with zero attached hydrogens (tertiary/aromatic N) is 4. The summed E-state index contributed by atoms with van der Waals surface area (Å²) in [6.07, 6.45) is 0. The summed E-state index contributed by atoms with van der Waals surface area (Å²) in [6.45, 7) is 2.75. The molecule has 1 amide bonds. The Morgan fingerprint density at radius 1 is 0.917 bits per heavy atom. The van der Waals surface area contributed by atoms with Crippen molar-refractivity contribution in [3.63, 3.8) is 0 Å². The van der Waals surface area contributed by atoms with Crippen LogP contribution in [0.4, 0.5) is 5.82 Å². The Labute approximate surface area is 140 Å². The molecule has 0 bridgehead atoms. The molecule has 2 aromatic rings. The molecule has 7 heteroatoms. The smallest absolute Gasteiger partial charge is 0.253 e. The van der Waals surface area contributed by atoms with Gasteiger partial charge in [0, 0.05) is 37.8 Å². The van der Waals surface area contributed by atoms with E-state index in [9.17, 15) is 4.79 Å². The SMILES string of the molecule is COc1ccc(C(=O)N2CCN(c3ccc(OC)nn3)CC2)cc1. The lowest BCUT2D eigenvalue weighted by Crippen LogP contribution is -2.49. The average molecular weight is 328 g/mol. The number of anilines is 1. The summed E-state index contributed by atoms with van der Waals surface area (Å²) in [5.74, 6) is 2.08. The number of carbonyl (C=O) groups is 1. The number of aromatic nitrogens is 2. The van der Waals surface area contributed by atoms with Crippen LogP contribution in [0.2, 0.25) is 0 Å². The number of carbonyl (C=O) groups excluding carboxylic acids is 1. The number of rotatable bonds is 4. The first-order chi connectivity index (χ1) is 11.7. The highest BCUT2D eigenvalue weighted by atomic mass is 16.5. The molecule has 2 heterocycles. The van der Waals surface area contributed by atoms with E-state index in [2.05, 4.69) is 15.1 Å². The van der Waals surface area contributed by atoms with Crippen LogP contribution < -0.4 is 14.4 Å². The summed E-state index contributed by atoms with van der Waals surface area (Å²) in [5, 5.41) is 8.14. The summed E-state index contributed by atoms with van der Waals surface area (Å²) in [7, 11) is 3.17. The Bertz CT molecular complexity index is 680. The second-order valence-electron chi connectivity index (χ2n) is 5.44. The van der Waals surface area contributed by atoms with Crippen molar-refractivity contribution in [3.8, 4) is 11.6 Å². The normalized spacial score (nSPS) is 14.4. The monoisotopic (exact) mass is 328 g/mol. The van der Waals surface area contributed by atoms with Gasteiger partial charge in [-0.3, -0.25) is 4.79 Å². The Morgan fingerprint density at radius 3 is 2.17 bits per heavy atom. The molecule has 0 N–H and O–H groups in total. The third-order valence-electron chi connectivity index (χ3n) is 4.06. The van der Waals surface area contributed by atoms with Crippen LogP contribution in [-0.2, 0) is 0 Å². The first-order valence-electron chi connectivity index (χ1n) is 7.77. The van der Waals surface area contributed by atoms with Gasteiger partial charge in [0.05, 0.1) is 14.2 Å². The van der Waals surface area contributed by atoms with Gasteiger partial charge in [0.2, 0.25) is 5.88 Å². The fourth-order valence-corrected chi connectivity index (χ4v) is 2.65. The second kappa shape index (κ2) is 7.16. The van der Waals surface area contributed by atoms with Gasteiger partial charge in [-0.1, -0.05) is 0 Å². The molecule has 0 unspecified atom stereocenters. The molecule has 1 aromatic carbocycles. The van der Waals surface area contributed by atoms with Gasteiger partial charge in [0.15, 0.2) is 5.82 Å². The van der Waals surface area contributed by atoms with E-state index in [1.54, 1.807) is 44.6 Å². The zero-order valence-electron chi connectivity index (χ0n) is 13.8. The Morgan fingerprint density at radius 2 is 1.62 bits per heavy atom. The zero-order chi connectivity index (χ0) is 16.9. The van der Waals surface area contributed by atoms with E-state index in [4.69, 9.17) is 9.47 Å². The van der Waals surface area contributed by atoms with E-state index in [-0.39, 0.29) is 5.91 Å². The van der Waals surface area contributed by atoms with E-state index >= 15 is 0 Å². The van der Waals surface area contributed by atoms with Crippen molar-refractivity contribution >= 4 is 11.7 Å². The maximum atomic E-state index is 12.5. The number of hydrogen-bond acceptors (Lipinski definition) is 6. The number of ether oxygens (including phenoxy) is 2. The molecular formula is C17H20N4O3. The van der Waals surface area contributed by atoms with Gasteiger partial charge in [-0.15, -0.1) is 10.2 Å². The second-order valence-corrected chi connectivity index (χ2v) is 5.44. The Kier molecular flexibility index (Phi) is 4.79. The third kappa shape index (κ3) is 3.40. The standard InChI is InChI=1S/C17H20N4O3/c1-23-14-5-3-13(4-6-14)17(22)21-11-9-20(10-12-21)15-7-8-16(24-2)19-18-15/h3-8H,9-12H2,1-2H3. The van der Waals surface area contributed by atoms with E-state index in [1.807, 2.05) is 11.0 Å². The van der Waals surface area contributed by atoms with E-state index in [0.717, 1.165) is 24.7 Å². The number of hydrogen-bond donors (Lipinski definition) is 0. The molecule has 0 atom stereocenters. The highest BCUT2D eigenvalue weighted by Gasteiger charge is 2.23. The topological polar surface area (TPSA) is 67.8 Å². The molecule has 0 radical (unpaired) electrons. The van der Waals surface area contributed by atoms with Crippen LogP contribution in [0.1, 0.15) is 10.4 Å². The van der Waals surface area contributed by atoms with E-state index < -0.39 is 0 Å². The van der Waals surface area contributed by atoms with Crippen molar-refractivity contribution in [1.82, 2.24) is 15.1 Å². The minimum atomic E-state index is 0.0399. The lowest BCUT2D eigenvalue weighted by molar-refractivity contribution is 0.0746. The van der Waals surface area contributed by atoms with Crippen molar-refractivity contribution in [2.24, 2.45) is 0 Å². The first-order valence-corrected chi connectivity index (χ1v) is 7.77. The summed E-state index contributed by atoms with van der Waals surface area (Å²) in [4.78, 5) is 16.5. The van der Waals surface area contributed by atoms with Crippen LogP contribution in [-0.4, -0.2) is 61.4 Å². The summed E-state index contributed by atoms with van der Waals surface area (Å²) in [6, 6.07) is 10.9. The first kappa shape index (κ1) is 16.0. The molecule has 0 saturated carbocycles. The summed E-state index contributed by atoms with van der Waals surface area (Å²) >= 11 is 0. The van der Waals surface area contributed by atoms with Crippen molar-refractivity contribution in [1.29, 1.82) is 0 Å². The molecule has 0 spiro atoms. The fourth-order valence-electron chi connectivity index (χ4n) is 2.65. The maximum Gasteiger partial charge on any atom is 0.253 e. The number of amides is 1. The highest BCUT2D eigenvalue weighted by Crippen LogP contribution is 2.17. The summed E-state index contributed by atoms with van der Waals surface area (Å²) in [5.41, 5.74) is 0.675. The van der Waals surface area contributed by atoms with E-state index in [0.29, 0.717) is 24.5 Å². The van der Waals surface area contributed by atoms with Crippen molar-refractivity contribution < 1.29 is 14.3 Å². The summed E-state index contributed by atoms with van der Waals surface area (Å²) < 4.78 is 10.1. The van der Waals surface area contributed by atoms with Gasteiger partial charge in [0.1, 0.15) is 5.75 Å². The van der Waals surface area contributed by atoms with Crippen LogP contribution >= 0.6 is 0 Å². The molecule has 1 aliphatic heterocycles. The minimum absolute atomic E-state index is 0.0399. The molecule has 1 aromatic heterocycles. The van der Waals surface area contributed by atoms with Crippen LogP contribution in [0, 0.1) is 0 Å². The zero-order valence-corrected chi connectivity index (χ0v) is 13.8. The quantitative estimate of drug-likeness (QED) is 0.846. The van der Waals surface area contributed by atoms with E-state index in [1.165, 1.54) is 0 Å².